The fraction of sp³-hybridized carbons (Fsp3) is 0. The summed E-state index contributed by atoms with van der Waals surface area (Å²) in [5, 5.41) is 9.68. The highest BCUT2D eigenvalue weighted by Gasteiger charge is 1.85. The molecule has 0 amide bonds. The summed E-state index contributed by atoms with van der Waals surface area (Å²) in [7, 11) is 0. The van der Waals surface area contributed by atoms with Gasteiger partial charge in [0.2, 0.25) is 0 Å². The number of rotatable bonds is 0. The monoisotopic (exact) mass is 114 g/mol. The summed E-state index contributed by atoms with van der Waals surface area (Å²) in [5.74, 6) is 0. The summed E-state index contributed by atoms with van der Waals surface area (Å²) in [6.07, 6.45) is 0. The maximum Gasteiger partial charge on any atom is 0.332 e. The Kier molecular flexibility index (Phi) is 0.918. The van der Waals surface area contributed by atoms with Crippen molar-refractivity contribution in [1.29, 1.82) is 0 Å². The zero-order valence-electron chi connectivity index (χ0n) is 3.71. The van der Waals surface area contributed by atoms with Gasteiger partial charge in [0.1, 0.15) is 0 Å². The fourth-order valence-electron chi connectivity index (χ4n) is 0.242. The van der Waals surface area contributed by atoms with Gasteiger partial charge in [-0.1, -0.05) is 0 Å². The second-order valence-electron chi connectivity index (χ2n) is 1.08. The molecular weight excluding hydrogens is 112 g/mol. The van der Waals surface area contributed by atoms with Gasteiger partial charge in [-0.2, -0.15) is 0 Å². The molecule has 0 bridgehead atoms. The third kappa shape index (κ3) is 0.625. The zero-order valence-corrected chi connectivity index (χ0v) is 3.71. The maximum absolute atomic E-state index is 10.1. The summed E-state index contributed by atoms with van der Waals surface area (Å²) in [6.45, 7) is 0. The lowest BCUT2D eigenvalue weighted by Crippen LogP contribution is -2.31. The first kappa shape index (κ1) is 4.69. The molecule has 0 saturated heterocycles. The standard InChI is InChI=1S/C2H2N4O2/c7-1-2(8)4-6-5-3-1/h(H,3,6,7)(H,4,5,8). The molecule has 0 unspecified atom stereocenters. The van der Waals surface area contributed by atoms with Crippen molar-refractivity contribution in [3.8, 4) is 0 Å². The number of nitrogens with zero attached hydrogens (tertiary/aromatic N) is 2. The van der Waals surface area contributed by atoms with Gasteiger partial charge < -0.3 is 0 Å². The molecule has 0 radical (unpaired) electrons. The van der Waals surface area contributed by atoms with E-state index < -0.39 is 11.1 Å². The molecule has 0 aliphatic carbocycles. The molecule has 0 spiro atoms. The average molecular weight is 114 g/mol. The van der Waals surface area contributed by atoms with E-state index in [1.54, 1.807) is 0 Å². The quantitative estimate of drug-likeness (QED) is 0.376. The Bertz CT molecular complexity index is 243. The van der Waals surface area contributed by atoms with Crippen molar-refractivity contribution < 1.29 is 0 Å². The molecule has 1 heterocycles. The van der Waals surface area contributed by atoms with Crippen molar-refractivity contribution in [3.05, 3.63) is 20.7 Å². The van der Waals surface area contributed by atoms with Crippen LogP contribution in [-0.4, -0.2) is 20.6 Å². The molecule has 42 valence electrons. The molecule has 1 rings (SSSR count). The Balaban J connectivity index is 3.59. The van der Waals surface area contributed by atoms with E-state index in [0.717, 1.165) is 0 Å². The number of nitrogens with one attached hydrogen (secondary N) is 2. The van der Waals surface area contributed by atoms with E-state index in [2.05, 4.69) is 10.4 Å². The first-order chi connectivity index (χ1) is 3.80. The summed E-state index contributed by atoms with van der Waals surface area (Å²) >= 11 is 0. The van der Waals surface area contributed by atoms with Crippen molar-refractivity contribution >= 4 is 0 Å². The molecule has 0 fully saturated rings. The van der Waals surface area contributed by atoms with Gasteiger partial charge in [0.25, 0.3) is 0 Å². The highest BCUT2D eigenvalue weighted by Crippen LogP contribution is 1.30. The molecule has 0 aliphatic heterocycles. The van der Waals surface area contributed by atoms with Gasteiger partial charge in [0.15, 0.2) is 0 Å². The molecule has 0 aromatic carbocycles. The SMILES string of the molecule is O=c1[nH]nn[nH]c1=O. The molecule has 6 nitrogen and oxygen atoms in total. The van der Waals surface area contributed by atoms with Crippen LogP contribution in [0.3, 0.4) is 0 Å². The normalized spacial score (nSPS) is 9.00. The van der Waals surface area contributed by atoms with Crippen LogP contribution in [0.25, 0.3) is 0 Å². The first-order valence-electron chi connectivity index (χ1n) is 1.81. The van der Waals surface area contributed by atoms with Crippen LogP contribution < -0.4 is 11.1 Å². The van der Waals surface area contributed by atoms with Crippen molar-refractivity contribution in [2.45, 2.75) is 0 Å². The van der Waals surface area contributed by atoms with Gasteiger partial charge in [-0.05, 0) is 10.4 Å². The van der Waals surface area contributed by atoms with Crippen LogP contribution in [0, 0.1) is 0 Å². The third-order valence-corrected chi connectivity index (χ3v) is 0.559. The van der Waals surface area contributed by atoms with Gasteiger partial charge in [0.05, 0.1) is 0 Å². The highest BCUT2D eigenvalue weighted by molar-refractivity contribution is 4.62. The minimum absolute atomic E-state index is 0.792. The lowest BCUT2D eigenvalue weighted by Gasteiger charge is -1.73. The van der Waals surface area contributed by atoms with E-state index in [1.165, 1.54) is 0 Å². The topological polar surface area (TPSA) is 91.5 Å². The molecule has 8 heavy (non-hydrogen) atoms. The van der Waals surface area contributed by atoms with Crippen LogP contribution in [0.4, 0.5) is 0 Å². The van der Waals surface area contributed by atoms with E-state index in [-0.39, 0.29) is 0 Å². The van der Waals surface area contributed by atoms with Crippen LogP contribution in [0.1, 0.15) is 0 Å². The molecule has 1 aromatic rings. The molecule has 0 saturated carbocycles. The van der Waals surface area contributed by atoms with Crippen molar-refractivity contribution in [3.63, 3.8) is 0 Å². The number of hydrogen-bond acceptors (Lipinski definition) is 4. The average Bonchev–Trinajstić information content (AvgIpc) is 1.77. The molecule has 1 aromatic heterocycles. The maximum atomic E-state index is 10.1. The van der Waals surface area contributed by atoms with E-state index in [4.69, 9.17) is 0 Å². The van der Waals surface area contributed by atoms with Gasteiger partial charge in [0, 0.05) is 0 Å². The van der Waals surface area contributed by atoms with Crippen LogP contribution >= 0.6 is 0 Å². The van der Waals surface area contributed by atoms with Crippen molar-refractivity contribution in [2.24, 2.45) is 0 Å². The van der Waals surface area contributed by atoms with E-state index >= 15 is 0 Å². The van der Waals surface area contributed by atoms with Crippen LogP contribution in [0.15, 0.2) is 9.59 Å². The van der Waals surface area contributed by atoms with Crippen LogP contribution in [-0.2, 0) is 0 Å². The molecular formula is C2H2N4O2. The molecule has 0 aliphatic rings. The minimum atomic E-state index is -0.792. The van der Waals surface area contributed by atoms with Gasteiger partial charge in [-0.25, -0.2) is 10.2 Å². The van der Waals surface area contributed by atoms with Gasteiger partial charge >= 0.3 is 11.1 Å². The summed E-state index contributed by atoms with van der Waals surface area (Å²) in [5.41, 5.74) is -1.58. The fourth-order valence-corrected chi connectivity index (χ4v) is 0.242. The predicted molar refractivity (Wildman–Crippen MR) is 23.3 cm³/mol. The highest BCUT2D eigenvalue weighted by atomic mass is 16.2. The lowest BCUT2D eigenvalue weighted by molar-refractivity contribution is 0.721. The number of aromatic amines is 2. The largest absolute Gasteiger partial charge is 0.332 e. The molecule has 0 atom stereocenters. The second kappa shape index (κ2) is 1.57. The smallest absolute Gasteiger partial charge is 0.262 e. The van der Waals surface area contributed by atoms with E-state index in [1.807, 2.05) is 10.2 Å². The minimum Gasteiger partial charge on any atom is -0.262 e. The van der Waals surface area contributed by atoms with Crippen LogP contribution in [0.2, 0.25) is 0 Å². The zero-order chi connectivity index (χ0) is 5.98. The summed E-state index contributed by atoms with van der Waals surface area (Å²) in [6, 6.07) is 0. The summed E-state index contributed by atoms with van der Waals surface area (Å²) < 4.78 is 0. The van der Waals surface area contributed by atoms with Crippen molar-refractivity contribution in [1.82, 2.24) is 20.6 Å². The predicted octanol–water partition coefficient (Wildman–Crippen LogP) is -2.15. The Labute approximate surface area is 42.5 Å². The first-order valence-corrected chi connectivity index (χ1v) is 1.81. The Morgan fingerprint density at radius 1 is 1.00 bits per heavy atom. The number of aromatic nitrogens is 4. The number of hydrogen-bond donors (Lipinski definition) is 2. The Morgan fingerprint density at radius 3 is 1.62 bits per heavy atom. The summed E-state index contributed by atoms with van der Waals surface area (Å²) in [4.78, 5) is 20.2. The van der Waals surface area contributed by atoms with Crippen LogP contribution in [0.5, 0.6) is 0 Å². The van der Waals surface area contributed by atoms with E-state index in [9.17, 15) is 9.59 Å². The lowest BCUT2D eigenvalue weighted by atomic mass is 10.9. The number of H-pyrrole nitrogens is 2. The van der Waals surface area contributed by atoms with Gasteiger partial charge in [-0.15, -0.1) is 0 Å². The van der Waals surface area contributed by atoms with Gasteiger partial charge in [-0.3, -0.25) is 9.59 Å². The second-order valence-corrected chi connectivity index (χ2v) is 1.08. The third-order valence-electron chi connectivity index (χ3n) is 0.559. The van der Waals surface area contributed by atoms with Crippen molar-refractivity contribution in [2.75, 3.05) is 0 Å². The molecule has 2 N–H and O–H groups in total. The molecule has 6 heteroatoms. The Hall–Kier alpha value is -1.46. The Morgan fingerprint density at radius 2 is 1.38 bits per heavy atom. The van der Waals surface area contributed by atoms with E-state index in [0.29, 0.717) is 0 Å².